The van der Waals surface area contributed by atoms with Crippen molar-refractivity contribution < 1.29 is 9.47 Å². The van der Waals surface area contributed by atoms with E-state index in [1.165, 1.54) is 98.0 Å². The zero-order valence-corrected chi connectivity index (χ0v) is 47.7. The van der Waals surface area contributed by atoms with Crippen molar-refractivity contribution in [2.45, 2.75) is 92.3 Å². The van der Waals surface area contributed by atoms with E-state index in [-0.39, 0.29) is 23.0 Å². The fraction of sp³-hybridized carbons (Fsp3) is 0.184. The minimum Gasteiger partial charge on any atom is -0.491 e. The van der Waals surface area contributed by atoms with Crippen molar-refractivity contribution in [3.05, 3.63) is 230 Å². The third-order valence-corrected chi connectivity index (χ3v) is 16.1. The average molecular weight is 1040 g/mol. The topological polar surface area (TPSA) is 24.9 Å². The monoisotopic (exact) mass is 1040 g/mol. The van der Waals surface area contributed by atoms with Crippen molar-refractivity contribution in [1.82, 2.24) is 0 Å². The van der Waals surface area contributed by atoms with Gasteiger partial charge in [-0.2, -0.15) is 0 Å². The van der Waals surface area contributed by atoms with E-state index in [1.54, 1.807) is 0 Å². The molecule has 0 spiro atoms. The quantitative estimate of drug-likeness (QED) is 0.122. The van der Waals surface area contributed by atoms with E-state index in [9.17, 15) is 0 Å². The van der Waals surface area contributed by atoms with Gasteiger partial charge in [-0.3, -0.25) is 0 Å². The summed E-state index contributed by atoms with van der Waals surface area (Å²) >= 11 is 0. The first kappa shape index (κ1) is 50.6. The molecule has 0 aliphatic carbocycles. The highest BCUT2D eigenvalue weighted by molar-refractivity contribution is 6.47. The molecule has 0 fully saturated rings. The maximum Gasteiger partial charge on any atom is 0.119 e. The summed E-state index contributed by atoms with van der Waals surface area (Å²) in [6.45, 7) is 22.0. The van der Waals surface area contributed by atoms with Crippen LogP contribution in [0.5, 0.6) is 11.5 Å². The van der Waals surface area contributed by atoms with Gasteiger partial charge in [-0.05, 0) is 211 Å². The number of benzene rings is 11. The van der Waals surface area contributed by atoms with Gasteiger partial charge in [0, 0.05) is 33.5 Å². The molecule has 0 saturated heterocycles. The van der Waals surface area contributed by atoms with Gasteiger partial charge in [0.1, 0.15) is 11.5 Å². The minimum absolute atomic E-state index is 0.0272. The van der Waals surface area contributed by atoms with Crippen LogP contribution in [0.3, 0.4) is 0 Å². The highest BCUT2D eigenvalue weighted by Gasteiger charge is 2.30. The Kier molecular flexibility index (Phi) is 12.3. The summed E-state index contributed by atoms with van der Waals surface area (Å²) in [5, 5.41) is 15.0. The number of hydrogen-bond acceptors (Lipinski definition) is 4. The molecule has 0 saturated carbocycles. The van der Waals surface area contributed by atoms with Gasteiger partial charge in [0.15, 0.2) is 0 Å². The van der Waals surface area contributed by atoms with Gasteiger partial charge in [-0.1, -0.05) is 175 Å². The molecule has 4 heteroatoms. The van der Waals surface area contributed by atoms with E-state index < -0.39 is 0 Å². The van der Waals surface area contributed by atoms with Crippen LogP contribution in [0.1, 0.15) is 80.4 Å². The van der Waals surface area contributed by atoms with Crippen LogP contribution in [0, 0.1) is 0 Å². The molecule has 0 aliphatic rings. The fourth-order valence-corrected chi connectivity index (χ4v) is 12.6. The lowest BCUT2D eigenvalue weighted by Crippen LogP contribution is -2.14. The Bertz CT molecular complexity index is 4170. The Morgan fingerprint density at radius 3 is 0.900 bits per heavy atom. The van der Waals surface area contributed by atoms with Gasteiger partial charge in [0.05, 0.1) is 23.6 Å². The second kappa shape index (κ2) is 19.5. The summed E-state index contributed by atoms with van der Waals surface area (Å²) in [7, 11) is 0. The second-order valence-corrected chi connectivity index (χ2v) is 24.3. The molecular formula is C76H68N2O2. The van der Waals surface area contributed by atoms with Crippen molar-refractivity contribution in [3.8, 4) is 33.8 Å². The molecule has 13 aromatic carbocycles. The van der Waals surface area contributed by atoms with Crippen LogP contribution < -0.4 is 19.3 Å². The second-order valence-electron chi connectivity index (χ2n) is 24.3. The Morgan fingerprint density at radius 1 is 0.287 bits per heavy atom. The molecule has 0 radical (unpaired) electrons. The molecule has 13 rings (SSSR count). The summed E-state index contributed by atoms with van der Waals surface area (Å²) in [5.41, 5.74) is 14.2. The van der Waals surface area contributed by atoms with Crippen LogP contribution in [0.15, 0.2) is 218 Å². The number of rotatable bonds is 12. The molecule has 80 heavy (non-hydrogen) atoms. The van der Waals surface area contributed by atoms with Gasteiger partial charge in [0.25, 0.3) is 0 Å². The van der Waals surface area contributed by atoms with Crippen molar-refractivity contribution in [2.24, 2.45) is 0 Å². The predicted octanol–water partition coefficient (Wildman–Crippen LogP) is 21.9. The molecule has 0 amide bonds. The molecular weight excluding hydrogens is 973 g/mol. The lowest BCUT2D eigenvalue weighted by Gasteiger charge is -2.29. The molecule has 4 nitrogen and oxygen atoms in total. The summed E-state index contributed by atoms with van der Waals surface area (Å²) in [4.78, 5) is 4.86. The van der Waals surface area contributed by atoms with E-state index in [2.05, 4.69) is 297 Å². The van der Waals surface area contributed by atoms with E-state index in [0.717, 1.165) is 45.6 Å². The van der Waals surface area contributed by atoms with Crippen molar-refractivity contribution >= 4 is 98.8 Å². The summed E-state index contributed by atoms with van der Waals surface area (Å²) in [5.74, 6) is 1.69. The number of ether oxygens (including phenoxy) is 2. The molecule has 0 atom stereocenters. The number of hydrogen-bond donors (Lipinski definition) is 0. The largest absolute Gasteiger partial charge is 0.491 e. The van der Waals surface area contributed by atoms with Gasteiger partial charge in [-0.15, -0.1) is 0 Å². The Morgan fingerprint density at radius 2 is 0.588 bits per heavy atom. The van der Waals surface area contributed by atoms with Crippen LogP contribution in [0.2, 0.25) is 0 Å². The van der Waals surface area contributed by atoms with E-state index in [4.69, 9.17) is 9.47 Å². The van der Waals surface area contributed by atoms with Crippen LogP contribution >= 0.6 is 0 Å². The molecule has 0 bridgehead atoms. The number of fused-ring (bicyclic) bond motifs is 6. The first-order chi connectivity index (χ1) is 38.6. The van der Waals surface area contributed by atoms with E-state index >= 15 is 0 Å². The van der Waals surface area contributed by atoms with E-state index in [1.807, 2.05) is 0 Å². The predicted molar refractivity (Wildman–Crippen MR) is 343 cm³/mol. The Hall–Kier alpha value is -8.86. The molecule has 0 aromatic heterocycles. The number of anilines is 6. The van der Waals surface area contributed by atoms with Crippen molar-refractivity contribution in [2.75, 3.05) is 9.80 Å². The maximum atomic E-state index is 6.17. The fourth-order valence-electron chi connectivity index (χ4n) is 12.6. The van der Waals surface area contributed by atoms with Crippen LogP contribution in [0.4, 0.5) is 34.1 Å². The van der Waals surface area contributed by atoms with Gasteiger partial charge >= 0.3 is 0 Å². The summed E-state index contributed by atoms with van der Waals surface area (Å²) in [6, 6.07) is 81.3. The zero-order valence-electron chi connectivity index (χ0n) is 47.7. The molecule has 13 aromatic rings. The Balaban J connectivity index is 1.12. The van der Waals surface area contributed by atoms with Crippen molar-refractivity contribution in [1.29, 1.82) is 0 Å². The Labute approximate surface area is 471 Å². The minimum atomic E-state index is 0.0272. The molecule has 0 heterocycles. The van der Waals surface area contributed by atoms with Crippen LogP contribution in [-0.2, 0) is 10.8 Å². The third-order valence-electron chi connectivity index (χ3n) is 16.1. The van der Waals surface area contributed by atoms with Gasteiger partial charge in [0.2, 0.25) is 0 Å². The highest BCUT2D eigenvalue weighted by Crippen LogP contribution is 2.58. The van der Waals surface area contributed by atoms with Gasteiger partial charge in [-0.25, -0.2) is 0 Å². The SMILES string of the molecule is CC(C)Oc1ccc(N(c2ccc(OC(C)C)cc2)c2ccc3c4c(-c5ccccc5)c5c6ccc(N(c7ccc(C(C)(C)C)cc7)c7ccc(C(C)(C)C)cc7)c7cccc(c5c(-c5ccccc5)c4c4cccc2c43)c76)cc1. The normalized spacial score (nSPS) is 12.3. The van der Waals surface area contributed by atoms with Gasteiger partial charge < -0.3 is 19.3 Å². The summed E-state index contributed by atoms with van der Waals surface area (Å²) < 4.78 is 12.3. The van der Waals surface area contributed by atoms with E-state index in [0.29, 0.717) is 0 Å². The molecule has 394 valence electrons. The lowest BCUT2D eigenvalue weighted by molar-refractivity contribution is 0.242. The standard InChI is InChI=1S/C76H68N2O2/c1-47(2)79-57-39-35-55(36-40-57)78(56-37-41-58(42-38-56)80-48(3)4)66-46-44-64-70-60(66)24-18-26-62(70)72-67(49-19-13-11-14-20-49)71-61-25-17-23-59-65(45-43-63(69(59)61)73(71)68(74(64)72)50-21-15-12-16-22-50)77(53-31-27-51(28-32-53)75(5,6)7)54-33-29-52(30-34-54)76(8,9)10/h11-48H,1-10H3. The van der Waals surface area contributed by atoms with Crippen LogP contribution in [-0.4, -0.2) is 12.2 Å². The third kappa shape index (κ3) is 8.61. The average Bonchev–Trinajstić information content (AvgIpc) is 4.20. The molecule has 0 N–H and O–H groups in total. The molecule has 0 unspecified atom stereocenters. The van der Waals surface area contributed by atoms with Crippen molar-refractivity contribution in [3.63, 3.8) is 0 Å². The first-order valence-corrected chi connectivity index (χ1v) is 28.4. The zero-order chi connectivity index (χ0) is 55.2. The number of nitrogens with zero attached hydrogens (tertiary/aromatic N) is 2. The maximum absolute atomic E-state index is 6.17. The lowest BCUT2D eigenvalue weighted by atomic mass is 9.86. The highest BCUT2D eigenvalue weighted by atomic mass is 16.5. The first-order valence-electron chi connectivity index (χ1n) is 28.4. The summed E-state index contributed by atoms with van der Waals surface area (Å²) in [6.07, 6.45) is 0.139. The smallest absolute Gasteiger partial charge is 0.119 e. The molecule has 0 aliphatic heterocycles. The van der Waals surface area contributed by atoms with Crippen LogP contribution in [0.25, 0.3) is 86.9 Å².